The fourth-order valence-electron chi connectivity index (χ4n) is 1.86. The molecular weight excluding hydrogens is 306 g/mol. The summed E-state index contributed by atoms with van der Waals surface area (Å²) < 4.78 is 6.82. The van der Waals surface area contributed by atoms with Crippen LogP contribution in [0.4, 0.5) is 5.82 Å². The number of benzene rings is 1. The predicted octanol–water partition coefficient (Wildman–Crippen LogP) is 3.33. The molecule has 5 heteroatoms. The van der Waals surface area contributed by atoms with Crippen LogP contribution in [0.2, 0.25) is 0 Å². The standard InChI is InChI=1S/C14H16BrN3O/c1-8-4-11(5-9(2)14(8)15)19-7-13-17-10(3)6-12(16)18-13/h4-6H,7H2,1-3H3,(H2,16,17,18). The highest BCUT2D eigenvalue weighted by atomic mass is 79.9. The second kappa shape index (κ2) is 5.57. The van der Waals surface area contributed by atoms with Crippen molar-refractivity contribution >= 4 is 21.7 Å². The number of rotatable bonds is 3. The van der Waals surface area contributed by atoms with Gasteiger partial charge in [-0.1, -0.05) is 15.9 Å². The van der Waals surface area contributed by atoms with Crippen molar-refractivity contribution in [1.82, 2.24) is 9.97 Å². The third-order valence-corrected chi connectivity index (χ3v) is 3.95. The van der Waals surface area contributed by atoms with Gasteiger partial charge in [0.15, 0.2) is 5.82 Å². The van der Waals surface area contributed by atoms with Crippen molar-refractivity contribution in [3.8, 4) is 5.75 Å². The summed E-state index contributed by atoms with van der Waals surface area (Å²) in [5.74, 6) is 1.87. The van der Waals surface area contributed by atoms with Crippen LogP contribution in [-0.4, -0.2) is 9.97 Å². The van der Waals surface area contributed by atoms with Crippen molar-refractivity contribution in [3.05, 3.63) is 45.3 Å². The third-order valence-electron chi connectivity index (χ3n) is 2.70. The molecule has 1 aromatic heterocycles. The topological polar surface area (TPSA) is 61.0 Å². The van der Waals surface area contributed by atoms with E-state index in [1.807, 2.05) is 32.9 Å². The number of halogens is 1. The van der Waals surface area contributed by atoms with E-state index in [0.29, 0.717) is 18.2 Å². The molecule has 0 amide bonds. The van der Waals surface area contributed by atoms with Crippen LogP contribution in [-0.2, 0) is 6.61 Å². The largest absolute Gasteiger partial charge is 0.486 e. The van der Waals surface area contributed by atoms with E-state index in [1.54, 1.807) is 6.07 Å². The number of nitrogens with zero attached hydrogens (tertiary/aromatic N) is 2. The number of nitrogen functional groups attached to an aromatic ring is 1. The molecule has 2 aromatic rings. The summed E-state index contributed by atoms with van der Waals surface area (Å²) in [6, 6.07) is 5.70. The lowest BCUT2D eigenvalue weighted by Crippen LogP contribution is -2.05. The van der Waals surface area contributed by atoms with Gasteiger partial charge in [-0.05, 0) is 44.0 Å². The molecular formula is C14H16BrN3O. The van der Waals surface area contributed by atoms with Gasteiger partial charge in [0, 0.05) is 16.2 Å². The maximum absolute atomic E-state index is 5.72. The highest BCUT2D eigenvalue weighted by Crippen LogP contribution is 2.26. The number of hydrogen-bond acceptors (Lipinski definition) is 4. The minimum absolute atomic E-state index is 0.312. The summed E-state index contributed by atoms with van der Waals surface area (Å²) in [5.41, 5.74) is 8.80. The Balaban J connectivity index is 2.14. The number of nitrogens with two attached hydrogens (primary N) is 1. The highest BCUT2D eigenvalue weighted by molar-refractivity contribution is 9.10. The first-order chi connectivity index (χ1) is 8.95. The molecule has 0 fully saturated rings. The van der Waals surface area contributed by atoms with E-state index >= 15 is 0 Å². The minimum Gasteiger partial charge on any atom is -0.486 e. The summed E-state index contributed by atoms with van der Waals surface area (Å²) in [4.78, 5) is 8.43. The summed E-state index contributed by atoms with van der Waals surface area (Å²) >= 11 is 3.53. The quantitative estimate of drug-likeness (QED) is 0.941. The zero-order valence-corrected chi connectivity index (χ0v) is 12.8. The van der Waals surface area contributed by atoms with Crippen molar-refractivity contribution in [2.45, 2.75) is 27.4 Å². The van der Waals surface area contributed by atoms with E-state index in [2.05, 4.69) is 25.9 Å². The Hall–Kier alpha value is -1.62. The lowest BCUT2D eigenvalue weighted by molar-refractivity contribution is 0.295. The second-order valence-corrected chi connectivity index (χ2v) is 5.30. The van der Waals surface area contributed by atoms with Crippen LogP contribution in [0.5, 0.6) is 5.75 Å². The Morgan fingerprint density at radius 1 is 1.11 bits per heavy atom. The Morgan fingerprint density at radius 3 is 2.32 bits per heavy atom. The summed E-state index contributed by atoms with van der Waals surface area (Å²) in [7, 11) is 0. The third kappa shape index (κ3) is 3.44. The van der Waals surface area contributed by atoms with Gasteiger partial charge >= 0.3 is 0 Å². The summed E-state index contributed by atoms with van der Waals surface area (Å²) in [6.07, 6.45) is 0. The van der Waals surface area contributed by atoms with E-state index in [9.17, 15) is 0 Å². The van der Waals surface area contributed by atoms with Gasteiger partial charge in [0.25, 0.3) is 0 Å². The van der Waals surface area contributed by atoms with Crippen LogP contribution >= 0.6 is 15.9 Å². The van der Waals surface area contributed by atoms with E-state index < -0.39 is 0 Å². The molecule has 0 aliphatic rings. The fraction of sp³-hybridized carbons (Fsp3) is 0.286. The SMILES string of the molecule is Cc1cc(N)nc(COc2cc(C)c(Br)c(C)c2)n1. The molecule has 0 aliphatic heterocycles. The van der Waals surface area contributed by atoms with Crippen molar-refractivity contribution in [2.75, 3.05) is 5.73 Å². The minimum atomic E-state index is 0.312. The van der Waals surface area contributed by atoms with Crippen LogP contribution in [0.15, 0.2) is 22.7 Å². The van der Waals surface area contributed by atoms with Crippen LogP contribution in [0.25, 0.3) is 0 Å². The van der Waals surface area contributed by atoms with Gasteiger partial charge in [-0.25, -0.2) is 9.97 Å². The number of anilines is 1. The highest BCUT2D eigenvalue weighted by Gasteiger charge is 2.05. The molecule has 100 valence electrons. The maximum atomic E-state index is 5.72. The van der Waals surface area contributed by atoms with Gasteiger partial charge in [-0.15, -0.1) is 0 Å². The number of hydrogen-bond donors (Lipinski definition) is 1. The van der Waals surface area contributed by atoms with E-state index in [0.717, 1.165) is 27.0 Å². The van der Waals surface area contributed by atoms with E-state index in [4.69, 9.17) is 10.5 Å². The van der Waals surface area contributed by atoms with Gasteiger partial charge in [0.05, 0.1) is 0 Å². The molecule has 0 bridgehead atoms. The fourth-order valence-corrected chi connectivity index (χ4v) is 2.09. The molecule has 0 unspecified atom stereocenters. The molecule has 0 saturated carbocycles. The first-order valence-corrected chi connectivity index (χ1v) is 6.74. The molecule has 0 atom stereocenters. The Morgan fingerprint density at radius 2 is 1.74 bits per heavy atom. The molecule has 0 radical (unpaired) electrons. The molecule has 4 nitrogen and oxygen atoms in total. The normalized spacial score (nSPS) is 10.5. The van der Waals surface area contributed by atoms with Crippen LogP contribution in [0.3, 0.4) is 0 Å². The molecule has 2 N–H and O–H groups in total. The van der Waals surface area contributed by atoms with Gasteiger partial charge in [0.1, 0.15) is 18.2 Å². The summed E-state index contributed by atoms with van der Waals surface area (Å²) in [5, 5.41) is 0. The lowest BCUT2D eigenvalue weighted by atomic mass is 10.1. The van der Waals surface area contributed by atoms with Gasteiger partial charge < -0.3 is 10.5 Å². The number of ether oxygens (including phenoxy) is 1. The Bertz CT molecular complexity index is 570. The molecule has 0 spiro atoms. The first-order valence-electron chi connectivity index (χ1n) is 5.95. The second-order valence-electron chi connectivity index (χ2n) is 4.51. The Kier molecular flexibility index (Phi) is 4.04. The molecule has 0 aliphatic carbocycles. The number of aromatic nitrogens is 2. The first kappa shape index (κ1) is 13.8. The summed E-state index contributed by atoms with van der Waals surface area (Å²) in [6.45, 7) is 6.26. The Labute approximate surface area is 121 Å². The van der Waals surface area contributed by atoms with Gasteiger partial charge in [0.2, 0.25) is 0 Å². The molecule has 0 saturated heterocycles. The molecule has 19 heavy (non-hydrogen) atoms. The zero-order valence-electron chi connectivity index (χ0n) is 11.2. The predicted molar refractivity (Wildman–Crippen MR) is 79.1 cm³/mol. The zero-order chi connectivity index (χ0) is 14.0. The number of aryl methyl sites for hydroxylation is 3. The molecule has 2 rings (SSSR count). The average Bonchev–Trinajstić information content (AvgIpc) is 2.32. The van der Waals surface area contributed by atoms with Crippen molar-refractivity contribution in [3.63, 3.8) is 0 Å². The van der Waals surface area contributed by atoms with Gasteiger partial charge in [-0.3, -0.25) is 0 Å². The van der Waals surface area contributed by atoms with Gasteiger partial charge in [-0.2, -0.15) is 0 Å². The van der Waals surface area contributed by atoms with Crippen LogP contribution in [0.1, 0.15) is 22.6 Å². The van der Waals surface area contributed by atoms with E-state index in [1.165, 1.54) is 0 Å². The van der Waals surface area contributed by atoms with E-state index in [-0.39, 0.29) is 0 Å². The maximum Gasteiger partial charge on any atom is 0.168 e. The monoisotopic (exact) mass is 321 g/mol. The van der Waals surface area contributed by atoms with Crippen molar-refractivity contribution in [2.24, 2.45) is 0 Å². The molecule has 1 aromatic carbocycles. The smallest absolute Gasteiger partial charge is 0.168 e. The lowest BCUT2D eigenvalue weighted by Gasteiger charge is -2.10. The van der Waals surface area contributed by atoms with Crippen LogP contribution < -0.4 is 10.5 Å². The average molecular weight is 322 g/mol. The van der Waals surface area contributed by atoms with Crippen LogP contribution in [0, 0.1) is 20.8 Å². The van der Waals surface area contributed by atoms with Crippen molar-refractivity contribution < 1.29 is 4.74 Å². The molecule has 1 heterocycles. The van der Waals surface area contributed by atoms with Crippen molar-refractivity contribution in [1.29, 1.82) is 0 Å².